The van der Waals surface area contributed by atoms with E-state index >= 15 is 0 Å². The normalized spacial score (nSPS) is 27.6. The SMILES string of the molecule is CCCCC1NC(C)N(C(C)CC(C)CC)C1=O. The molecule has 0 spiro atoms. The molecule has 106 valence electrons. The fourth-order valence-electron chi connectivity index (χ4n) is 2.89. The molecule has 1 aliphatic rings. The minimum Gasteiger partial charge on any atom is -0.323 e. The highest BCUT2D eigenvalue weighted by Crippen LogP contribution is 2.22. The van der Waals surface area contributed by atoms with Crippen LogP contribution in [0.25, 0.3) is 0 Å². The molecule has 4 atom stereocenters. The second-order valence-corrected chi connectivity index (χ2v) is 5.88. The maximum atomic E-state index is 12.4. The van der Waals surface area contributed by atoms with Gasteiger partial charge in [-0.25, -0.2) is 0 Å². The molecule has 1 N–H and O–H groups in total. The molecule has 4 unspecified atom stereocenters. The second-order valence-electron chi connectivity index (χ2n) is 5.88. The average Bonchev–Trinajstić information content (AvgIpc) is 2.61. The summed E-state index contributed by atoms with van der Waals surface area (Å²) in [7, 11) is 0. The van der Waals surface area contributed by atoms with Crippen LogP contribution in [0.3, 0.4) is 0 Å². The molecule has 0 radical (unpaired) electrons. The largest absolute Gasteiger partial charge is 0.323 e. The molecule has 1 rings (SSSR count). The molecule has 1 amide bonds. The van der Waals surface area contributed by atoms with Crippen LogP contribution < -0.4 is 5.32 Å². The standard InChI is InChI=1S/C15H30N2O/c1-6-8-9-14-15(18)17(13(5)16-14)12(4)10-11(3)7-2/h11-14,16H,6-10H2,1-5H3. The van der Waals surface area contributed by atoms with Crippen molar-refractivity contribution in [3.8, 4) is 0 Å². The third-order valence-electron chi connectivity index (χ3n) is 4.17. The van der Waals surface area contributed by atoms with Crippen LogP contribution in [-0.4, -0.2) is 29.1 Å². The minimum absolute atomic E-state index is 0.0549. The molecule has 1 fully saturated rings. The number of nitrogens with zero attached hydrogens (tertiary/aromatic N) is 1. The van der Waals surface area contributed by atoms with Gasteiger partial charge in [-0.2, -0.15) is 0 Å². The zero-order valence-electron chi connectivity index (χ0n) is 12.7. The Morgan fingerprint density at radius 2 is 2.00 bits per heavy atom. The first-order valence-electron chi connectivity index (χ1n) is 7.59. The first-order valence-corrected chi connectivity index (χ1v) is 7.59. The number of hydrogen-bond acceptors (Lipinski definition) is 2. The Hall–Kier alpha value is -0.570. The highest BCUT2D eigenvalue weighted by molar-refractivity contribution is 5.84. The zero-order chi connectivity index (χ0) is 13.7. The molecule has 3 nitrogen and oxygen atoms in total. The van der Waals surface area contributed by atoms with E-state index in [0.29, 0.717) is 17.9 Å². The third-order valence-corrected chi connectivity index (χ3v) is 4.17. The van der Waals surface area contributed by atoms with Gasteiger partial charge in [-0.05, 0) is 32.6 Å². The topological polar surface area (TPSA) is 32.3 Å². The van der Waals surface area contributed by atoms with Gasteiger partial charge in [-0.1, -0.05) is 40.0 Å². The summed E-state index contributed by atoms with van der Waals surface area (Å²) in [5, 5.41) is 3.44. The van der Waals surface area contributed by atoms with Crippen LogP contribution >= 0.6 is 0 Å². The lowest BCUT2D eigenvalue weighted by Crippen LogP contribution is -2.42. The van der Waals surface area contributed by atoms with E-state index in [1.807, 2.05) is 0 Å². The molecule has 0 aromatic carbocycles. The Kier molecular flexibility index (Phi) is 6.13. The van der Waals surface area contributed by atoms with E-state index in [2.05, 4.69) is 44.8 Å². The van der Waals surface area contributed by atoms with E-state index < -0.39 is 0 Å². The lowest BCUT2D eigenvalue weighted by Gasteiger charge is -2.30. The Bertz CT molecular complexity index is 267. The van der Waals surface area contributed by atoms with E-state index in [1.165, 1.54) is 6.42 Å². The molecule has 1 saturated heterocycles. The molecule has 0 aliphatic carbocycles. The van der Waals surface area contributed by atoms with Gasteiger partial charge in [0.05, 0.1) is 12.2 Å². The van der Waals surface area contributed by atoms with Gasteiger partial charge >= 0.3 is 0 Å². The number of carbonyl (C=O) groups excluding carboxylic acids is 1. The molecular weight excluding hydrogens is 224 g/mol. The average molecular weight is 254 g/mol. The maximum Gasteiger partial charge on any atom is 0.241 e. The van der Waals surface area contributed by atoms with Gasteiger partial charge in [-0.15, -0.1) is 0 Å². The molecule has 3 heteroatoms. The Balaban J connectivity index is 2.57. The van der Waals surface area contributed by atoms with Crippen molar-refractivity contribution in [2.75, 3.05) is 0 Å². The van der Waals surface area contributed by atoms with E-state index in [0.717, 1.165) is 25.7 Å². The fourth-order valence-corrected chi connectivity index (χ4v) is 2.89. The molecule has 1 heterocycles. The van der Waals surface area contributed by atoms with Crippen molar-refractivity contribution in [1.82, 2.24) is 10.2 Å². The number of carbonyl (C=O) groups is 1. The molecule has 0 saturated carbocycles. The highest BCUT2D eigenvalue weighted by Gasteiger charge is 2.38. The lowest BCUT2D eigenvalue weighted by molar-refractivity contribution is -0.132. The third kappa shape index (κ3) is 3.71. The van der Waals surface area contributed by atoms with E-state index in [4.69, 9.17) is 0 Å². The molecule has 1 aliphatic heterocycles. The Morgan fingerprint density at radius 1 is 1.33 bits per heavy atom. The van der Waals surface area contributed by atoms with Crippen LogP contribution in [0.4, 0.5) is 0 Å². The minimum atomic E-state index is 0.0549. The van der Waals surface area contributed by atoms with Crippen molar-refractivity contribution >= 4 is 5.91 Å². The summed E-state index contributed by atoms with van der Waals surface area (Å²) in [4.78, 5) is 14.5. The van der Waals surface area contributed by atoms with E-state index in [1.54, 1.807) is 0 Å². The van der Waals surface area contributed by atoms with Gasteiger partial charge in [-0.3, -0.25) is 10.1 Å². The highest BCUT2D eigenvalue weighted by atomic mass is 16.2. The first kappa shape index (κ1) is 15.5. The van der Waals surface area contributed by atoms with Crippen LogP contribution in [0, 0.1) is 5.92 Å². The van der Waals surface area contributed by atoms with Crippen molar-refractivity contribution in [3.05, 3.63) is 0 Å². The summed E-state index contributed by atoms with van der Waals surface area (Å²) in [5.41, 5.74) is 0. The Morgan fingerprint density at radius 3 is 2.56 bits per heavy atom. The molecule has 18 heavy (non-hydrogen) atoms. The summed E-state index contributed by atoms with van der Waals surface area (Å²) < 4.78 is 0. The van der Waals surface area contributed by atoms with Gasteiger partial charge < -0.3 is 4.90 Å². The zero-order valence-corrected chi connectivity index (χ0v) is 12.7. The molecular formula is C15H30N2O. The molecule has 0 bridgehead atoms. The number of unbranched alkanes of at least 4 members (excludes halogenated alkanes) is 1. The van der Waals surface area contributed by atoms with Crippen LogP contribution in [0.2, 0.25) is 0 Å². The van der Waals surface area contributed by atoms with Crippen LogP contribution in [0.15, 0.2) is 0 Å². The van der Waals surface area contributed by atoms with Crippen LogP contribution in [0.5, 0.6) is 0 Å². The second kappa shape index (κ2) is 7.13. The van der Waals surface area contributed by atoms with Crippen molar-refractivity contribution in [2.45, 2.75) is 85.0 Å². The molecule has 0 aromatic heterocycles. The molecule has 0 aromatic rings. The summed E-state index contributed by atoms with van der Waals surface area (Å²) in [6, 6.07) is 0.404. The van der Waals surface area contributed by atoms with Gasteiger partial charge in [0.1, 0.15) is 0 Å². The van der Waals surface area contributed by atoms with E-state index in [-0.39, 0.29) is 12.2 Å². The van der Waals surface area contributed by atoms with Gasteiger partial charge in [0.15, 0.2) is 0 Å². The summed E-state index contributed by atoms with van der Waals surface area (Å²) >= 11 is 0. The maximum absolute atomic E-state index is 12.4. The van der Waals surface area contributed by atoms with Crippen molar-refractivity contribution < 1.29 is 4.79 Å². The predicted molar refractivity (Wildman–Crippen MR) is 76.3 cm³/mol. The van der Waals surface area contributed by atoms with Crippen molar-refractivity contribution in [2.24, 2.45) is 5.92 Å². The van der Waals surface area contributed by atoms with Crippen molar-refractivity contribution in [1.29, 1.82) is 0 Å². The number of amides is 1. The summed E-state index contributed by atoms with van der Waals surface area (Å²) in [6.07, 6.45) is 5.75. The number of hydrogen-bond donors (Lipinski definition) is 1. The van der Waals surface area contributed by atoms with Gasteiger partial charge in [0, 0.05) is 6.04 Å². The summed E-state index contributed by atoms with van der Waals surface area (Å²) in [6.45, 7) is 11.0. The smallest absolute Gasteiger partial charge is 0.241 e. The number of rotatable bonds is 7. The van der Waals surface area contributed by atoms with Crippen LogP contribution in [0.1, 0.15) is 66.7 Å². The van der Waals surface area contributed by atoms with E-state index in [9.17, 15) is 4.79 Å². The fraction of sp³-hybridized carbons (Fsp3) is 0.933. The van der Waals surface area contributed by atoms with Crippen molar-refractivity contribution in [3.63, 3.8) is 0 Å². The van der Waals surface area contributed by atoms with Crippen LogP contribution in [-0.2, 0) is 4.79 Å². The van der Waals surface area contributed by atoms with Gasteiger partial charge in [0.2, 0.25) is 5.91 Å². The predicted octanol–water partition coefficient (Wildman–Crippen LogP) is 3.15. The quantitative estimate of drug-likeness (QED) is 0.757. The number of nitrogens with one attached hydrogen (secondary N) is 1. The van der Waals surface area contributed by atoms with Gasteiger partial charge in [0.25, 0.3) is 0 Å². The monoisotopic (exact) mass is 254 g/mol. The lowest BCUT2D eigenvalue weighted by atomic mass is 9.99. The Labute approximate surface area is 112 Å². The first-order chi connectivity index (χ1) is 8.51. The summed E-state index contributed by atoms with van der Waals surface area (Å²) in [5.74, 6) is 1.00.